The minimum Gasteiger partial charge on any atom is -0.494 e. The summed E-state index contributed by atoms with van der Waals surface area (Å²) in [5, 5.41) is 0. The van der Waals surface area contributed by atoms with E-state index >= 15 is 0 Å². The molecule has 0 unspecified atom stereocenters. The van der Waals surface area contributed by atoms with Crippen LogP contribution in [-0.4, -0.2) is 78.2 Å². The molecule has 9 nitrogen and oxygen atoms in total. The number of hydrogen-bond acceptors (Lipinski definition) is 8. The summed E-state index contributed by atoms with van der Waals surface area (Å²) in [6.07, 6.45) is -2.78. The van der Waals surface area contributed by atoms with E-state index < -0.39 is 12.2 Å². The highest BCUT2D eigenvalue weighted by Gasteiger charge is 2.28. The van der Waals surface area contributed by atoms with E-state index in [1.807, 2.05) is 19.9 Å². The molecule has 2 fully saturated rings. The molecular weight excluding hydrogens is 446 g/mol. The number of fused-ring (bicyclic) bond motifs is 1. The van der Waals surface area contributed by atoms with Gasteiger partial charge in [-0.1, -0.05) is 6.07 Å². The zero-order valence-electron chi connectivity index (χ0n) is 19.4. The van der Waals surface area contributed by atoms with Gasteiger partial charge in [0.25, 0.3) is 6.43 Å². The Kier molecular flexibility index (Phi) is 6.22. The van der Waals surface area contributed by atoms with Gasteiger partial charge < -0.3 is 24.0 Å². The molecule has 1 aromatic carbocycles. The zero-order valence-corrected chi connectivity index (χ0v) is 19.4. The smallest absolute Gasteiger partial charge is 0.296 e. The molecule has 11 heteroatoms. The summed E-state index contributed by atoms with van der Waals surface area (Å²) in [5.74, 6) is 1.47. The van der Waals surface area contributed by atoms with Crippen molar-refractivity contribution < 1.29 is 23.0 Å². The summed E-state index contributed by atoms with van der Waals surface area (Å²) in [6, 6.07) is 7.08. The number of anilines is 2. The van der Waals surface area contributed by atoms with E-state index in [4.69, 9.17) is 24.2 Å². The maximum Gasteiger partial charge on any atom is 0.296 e. The van der Waals surface area contributed by atoms with Gasteiger partial charge in [-0.2, -0.15) is 9.97 Å². The molecule has 5 rings (SSSR count). The first-order valence-electron chi connectivity index (χ1n) is 11.4. The van der Waals surface area contributed by atoms with Crippen LogP contribution < -0.4 is 14.5 Å². The highest BCUT2D eigenvalue weighted by atomic mass is 19.3. The van der Waals surface area contributed by atoms with Crippen LogP contribution in [0.25, 0.3) is 17.0 Å². The Morgan fingerprint density at radius 2 is 1.68 bits per heavy atom. The van der Waals surface area contributed by atoms with Crippen molar-refractivity contribution in [2.24, 2.45) is 0 Å². The Morgan fingerprint density at radius 3 is 2.32 bits per heavy atom. The quantitative estimate of drug-likeness (QED) is 0.558. The maximum atomic E-state index is 14.2. The number of methoxy groups -OCH3 is 1. The monoisotopic (exact) mass is 474 g/mol. The second kappa shape index (κ2) is 9.30. The van der Waals surface area contributed by atoms with E-state index in [0.717, 1.165) is 0 Å². The zero-order chi connectivity index (χ0) is 23.8. The predicted molar refractivity (Wildman–Crippen MR) is 123 cm³/mol. The van der Waals surface area contributed by atoms with E-state index in [1.165, 1.54) is 11.7 Å². The average Bonchev–Trinajstić information content (AvgIpc) is 3.24. The number of aromatic nitrogens is 4. The standard InChI is InChI=1S/C23H28F2N6O3/c1-14-12-30(13-15(2)34-14)19-11-18(29-7-9-33-10-8-29)26-23(27-19)31-16-5-4-6-17(32-3)20(16)28-22(31)21(24)25/h4-6,11,14-15,21H,7-10,12-13H2,1-3H3/t14-,15-/m0/s1. The summed E-state index contributed by atoms with van der Waals surface area (Å²) in [5.41, 5.74) is 0.805. The number of hydrogen-bond donors (Lipinski definition) is 0. The minimum absolute atomic E-state index is 0.0176. The van der Waals surface area contributed by atoms with Crippen molar-refractivity contribution in [1.29, 1.82) is 0 Å². The third-order valence-corrected chi connectivity index (χ3v) is 6.06. The van der Waals surface area contributed by atoms with Crippen LogP contribution in [0, 0.1) is 0 Å². The Bertz CT molecular complexity index is 1160. The van der Waals surface area contributed by atoms with Crippen molar-refractivity contribution in [3.63, 3.8) is 0 Å². The lowest BCUT2D eigenvalue weighted by Gasteiger charge is -2.37. The molecule has 182 valence electrons. The SMILES string of the molecule is COc1cccc2c1nc(C(F)F)n2-c1nc(N2CCOCC2)cc(N2C[C@H](C)O[C@@H](C)C2)n1. The summed E-state index contributed by atoms with van der Waals surface area (Å²) >= 11 is 0. The lowest BCUT2D eigenvalue weighted by molar-refractivity contribution is -0.00546. The normalized spacial score (nSPS) is 21.5. The largest absolute Gasteiger partial charge is 0.494 e. The van der Waals surface area contributed by atoms with Gasteiger partial charge in [-0.05, 0) is 26.0 Å². The molecule has 2 saturated heterocycles. The molecule has 2 aromatic heterocycles. The highest BCUT2D eigenvalue weighted by molar-refractivity contribution is 5.84. The van der Waals surface area contributed by atoms with Crippen LogP contribution in [0.15, 0.2) is 24.3 Å². The number of nitrogens with zero attached hydrogens (tertiary/aromatic N) is 6. The van der Waals surface area contributed by atoms with Crippen LogP contribution in [-0.2, 0) is 9.47 Å². The third kappa shape index (κ3) is 4.25. The van der Waals surface area contributed by atoms with Crippen LogP contribution in [0.3, 0.4) is 0 Å². The van der Waals surface area contributed by atoms with Crippen molar-refractivity contribution in [2.75, 3.05) is 56.3 Å². The molecule has 0 radical (unpaired) electrons. The minimum atomic E-state index is -2.82. The van der Waals surface area contributed by atoms with Gasteiger partial charge >= 0.3 is 0 Å². The molecule has 2 atom stereocenters. The molecule has 2 aliphatic heterocycles. The van der Waals surface area contributed by atoms with Crippen molar-refractivity contribution in [3.8, 4) is 11.7 Å². The molecule has 0 spiro atoms. The molecule has 0 saturated carbocycles. The van der Waals surface area contributed by atoms with E-state index in [0.29, 0.717) is 67.8 Å². The molecule has 2 aliphatic rings. The van der Waals surface area contributed by atoms with Gasteiger partial charge in [-0.3, -0.25) is 4.57 Å². The topological polar surface area (TPSA) is 77.8 Å². The lowest BCUT2D eigenvalue weighted by atomic mass is 10.2. The van der Waals surface area contributed by atoms with Crippen molar-refractivity contribution in [3.05, 3.63) is 30.1 Å². The first kappa shape index (κ1) is 22.7. The number of benzene rings is 1. The molecule has 0 amide bonds. The number of rotatable bonds is 5. The van der Waals surface area contributed by atoms with Crippen LogP contribution in [0.4, 0.5) is 20.4 Å². The van der Waals surface area contributed by atoms with Gasteiger partial charge in [0, 0.05) is 32.2 Å². The van der Waals surface area contributed by atoms with Crippen LogP contribution in [0.2, 0.25) is 0 Å². The first-order valence-corrected chi connectivity index (χ1v) is 11.4. The maximum absolute atomic E-state index is 14.2. The molecule has 3 aromatic rings. The van der Waals surface area contributed by atoms with E-state index in [9.17, 15) is 8.78 Å². The fourth-order valence-corrected chi connectivity index (χ4v) is 4.60. The summed E-state index contributed by atoms with van der Waals surface area (Å²) < 4.78 is 46.4. The Hall–Kier alpha value is -3.05. The molecule has 34 heavy (non-hydrogen) atoms. The Labute approximate surface area is 196 Å². The lowest BCUT2D eigenvalue weighted by Crippen LogP contribution is -2.46. The Balaban J connectivity index is 1.69. The molecule has 0 N–H and O–H groups in total. The molecule has 4 heterocycles. The van der Waals surface area contributed by atoms with Crippen molar-refractivity contribution in [2.45, 2.75) is 32.5 Å². The van der Waals surface area contributed by atoms with Crippen LogP contribution in [0.5, 0.6) is 5.75 Å². The fraction of sp³-hybridized carbons (Fsp3) is 0.522. The van der Waals surface area contributed by atoms with Gasteiger partial charge in [0.2, 0.25) is 5.95 Å². The number of para-hydroxylation sites is 1. The number of alkyl halides is 2. The predicted octanol–water partition coefficient (Wildman–Crippen LogP) is 3.21. The van der Waals surface area contributed by atoms with Gasteiger partial charge in [-0.25, -0.2) is 13.8 Å². The summed E-state index contributed by atoms with van der Waals surface area (Å²) in [7, 11) is 1.49. The van der Waals surface area contributed by atoms with Crippen LogP contribution >= 0.6 is 0 Å². The second-order valence-electron chi connectivity index (χ2n) is 8.58. The molecule has 0 bridgehead atoms. The number of ether oxygens (including phenoxy) is 3. The van der Waals surface area contributed by atoms with E-state index in [1.54, 1.807) is 18.2 Å². The van der Waals surface area contributed by atoms with E-state index in [-0.39, 0.29) is 18.2 Å². The first-order chi connectivity index (χ1) is 16.4. The van der Waals surface area contributed by atoms with Gasteiger partial charge in [0.05, 0.1) is 38.0 Å². The molecular formula is C23H28F2N6O3. The fourth-order valence-electron chi connectivity index (χ4n) is 4.60. The summed E-state index contributed by atoms with van der Waals surface area (Å²) in [4.78, 5) is 17.9. The average molecular weight is 475 g/mol. The van der Waals surface area contributed by atoms with Crippen molar-refractivity contribution >= 4 is 22.7 Å². The second-order valence-corrected chi connectivity index (χ2v) is 8.58. The van der Waals surface area contributed by atoms with Gasteiger partial charge in [0.1, 0.15) is 22.9 Å². The van der Waals surface area contributed by atoms with Gasteiger partial charge in [0.15, 0.2) is 5.82 Å². The van der Waals surface area contributed by atoms with E-state index in [2.05, 4.69) is 14.8 Å². The van der Waals surface area contributed by atoms with Crippen molar-refractivity contribution in [1.82, 2.24) is 19.5 Å². The third-order valence-electron chi connectivity index (χ3n) is 6.06. The summed E-state index contributed by atoms with van der Waals surface area (Å²) in [6.45, 7) is 7.78. The number of morpholine rings is 2. The highest BCUT2D eigenvalue weighted by Crippen LogP contribution is 2.33. The van der Waals surface area contributed by atoms with Crippen LogP contribution in [0.1, 0.15) is 26.1 Å². The van der Waals surface area contributed by atoms with Gasteiger partial charge in [-0.15, -0.1) is 0 Å². The molecule has 0 aliphatic carbocycles. The Morgan fingerprint density at radius 1 is 1.00 bits per heavy atom. The number of imidazole rings is 1. The number of halogens is 2.